The number of nitrogens with two attached hydrogens (primary N) is 1. The molecule has 0 amide bonds. The number of hydrogen-bond donors (Lipinski definition) is 3. The number of anilines is 2. The largest absolute Gasteiger partial charge is 0.476 e. The van der Waals surface area contributed by atoms with E-state index in [0.717, 1.165) is 6.26 Å². The highest BCUT2D eigenvalue weighted by atomic mass is 32.2. The molecule has 1 rings (SSSR count). The van der Waals surface area contributed by atoms with Gasteiger partial charge >= 0.3 is 0 Å². The Balaban J connectivity index is 2.52. The molecule has 0 bridgehead atoms. The highest BCUT2D eigenvalue weighted by Crippen LogP contribution is 2.21. The van der Waals surface area contributed by atoms with Crippen LogP contribution >= 0.6 is 0 Å². The molecule has 0 fully saturated rings. The number of ether oxygens (including phenoxy) is 1. The van der Waals surface area contributed by atoms with Crippen molar-refractivity contribution >= 4 is 21.5 Å². The van der Waals surface area contributed by atoms with Crippen molar-refractivity contribution in [1.82, 2.24) is 9.71 Å². The van der Waals surface area contributed by atoms with Gasteiger partial charge in [0.2, 0.25) is 15.9 Å². The van der Waals surface area contributed by atoms with Crippen LogP contribution < -0.4 is 20.5 Å². The van der Waals surface area contributed by atoms with Crippen molar-refractivity contribution in [3.8, 4) is 5.88 Å². The smallest absolute Gasteiger partial charge is 0.239 e. The second-order valence-corrected chi connectivity index (χ2v) is 6.72. The van der Waals surface area contributed by atoms with E-state index in [0.29, 0.717) is 36.5 Å². The van der Waals surface area contributed by atoms with Gasteiger partial charge in [-0.2, -0.15) is 4.98 Å². The van der Waals surface area contributed by atoms with Gasteiger partial charge in [0.25, 0.3) is 0 Å². The van der Waals surface area contributed by atoms with Crippen LogP contribution in [-0.2, 0) is 10.0 Å². The van der Waals surface area contributed by atoms with Crippen molar-refractivity contribution in [3.63, 3.8) is 0 Å². The lowest BCUT2D eigenvalue weighted by Gasteiger charge is -2.12. The number of nitrogens with zero attached hydrogens (tertiary/aromatic N) is 1. The molecule has 0 unspecified atom stereocenters. The molecule has 0 spiro atoms. The van der Waals surface area contributed by atoms with Gasteiger partial charge in [-0.25, -0.2) is 13.1 Å². The summed E-state index contributed by atoms with van der Waals surface area (Å²) in [6, 6.07) is 3.42. The summed E-state index contributed by atoms with van der Waals surface area (Å²) in [5, 5.41) is 3.00. The molecule has 1 aromatic heterocycles. The Hall–Kier alpha value is -1.54. The van der Waals surface area contributed by atoms with E-state index in [2.05, 4.69) is 15.0 Å². The third kappa shape index (κ3) is 6.58. The summed E-state index contributed by atoms with van der Waals surface area (Å²) in [4.78, 5) is 4.24. The molecule has 114 valence electrons. The van der Waals surface area contributed by atoms with Crippen LogP contribution in [0.1, 0.15) is 13.8 Å². The van der Waals surface area contributed by atoms with E-state index in [1.165, 1.54) is 0 Å². The standard InChI is InChI=1S/C12H22N4O3S/c1-9(2)8-19-12-10(13)4-5-11(16-12)14-6-7-15-20(3,17)18/h4-5,9,15H,6-8,13H2,1-3H3,(H,14,16). The van der Waals surface area contributed by atoms with Crippen molar-refractivity contribution in [1.29, 1.82) is 0 Å². The number of nitrogens with one attached hydrogen (secondary N) is 2. The summed E-state index contributed by atoms with van der Waals surface area (Å²) >= 11 is 0. The molecule has 0 aliphatic heterocycles. The molecule has 0 radical (unpaired) electrons. The highest BCUT2D eigenvalue weighted by Gasteiger charge is 2.06. The molecular formula is C12H22N4O3S. The maximum Gasteiger partial charge on any atom is 0.239 e. The summed E-state index contributed by atoms with van der Waals surface area (Å²) in [5.74, 6) is 1.36. The monoisotopic (exact) mass is 302 g/mol. The van der Waals surface area contributed by atoms with E-state index in [4.69, 9.17) is 10.5 Å². The Morgan fingerprint density at radius 2 is 2.05 bits per heavy atom. The summed E-state index contributed by atoms with van der Waals surface area (Å²) in [6.45, 7) is 5.32. The lowest BCUT2D eigenvalue weighted by Crippen LogP contribution is -2.27. The Labute approximate surface area is 120 Å². The van der Waals surface area contributed by atoms with Crippen LogP contribution in [0, 0.1) is 5.92 Å². The van der Waals surface area contributed by atoms with E-state index < -0.39 is 10.0 Å². The van der Waals surface area contributed by atoms with Crippen molar-refractivity contribution < 1.29 is 13.2 Å². The van der Waals surface area contributed by atoms with E-state index >= 15 is 0 Å². The summed E-state index contributed by atoms with van der Waals surface area (Å²) < 4.78 is 29.7. The first-order valence-corrected chi connectivity index (χ1v) is 8.25. The van der Waals surface area contributed by atoms with Crippen LogP contribution in [-0.4, -0.2) is 39.4 Å². The summed E-state index contributed by atoms with van der Waals surface area (Å²) in [7, 11) is -3.17. The fraction of sp³-hybridized carbons (Fsp3) is 0.583. The van der Waals surface area contributed by atoms with Crippen LogP contribution in [0.3, 0.4) is 0 Å². The second kappa shape index (κ2) is 7.30. The number of nitrogen functional groups attached to an aromatic ring is 1. The molecule has 4 N–H and O–H groups in total. The molecule has 0 aliphatic carbocycles. The van der Waals surface area contributed by atoms with Gasteiger partial charge in [-0.3, -0.25) is 0 Å². The molecule has 0 saturated heterocycles. The highest BCUT2D eigenvalue weighted by molar-refractivity contribution is 7.88. The molecule has 20 heavy (non-hydrogen) atoms. The van der Waals surface area contributed by atoms with Crippen LogP contribution in [0.4, 0.5) is 11.5 Å². The van der Waals surface area contributed by atoms with E-state index in [1.54, 1.807) is 12.1 Å². The first kappa shape index (κ1) is 16.5. The zero-order chi connectivity index (χ0) is 15.2. The molecule has 7 nitrogen and oxygen atoms in total. The molecule has 0 saturated carbocycles. The van der Waals surface area contributed by atoms with E-state index in [9.17, 15) is 8.42 Å². The molecule has 0 atom stereocenters. The number of hydrogen-bond acceptors (Lipinski definition) is 6. The Morgan fingerprint density at radius 1 is 1.35 bits per heavy atom. The zero-order valence-electron chi connectivity index (χ0n) is 12.0. The van der Waals surface area contributed by atoms with E-state index in [-0.39, 0.29) is 6.54 Å². The van der Waals surface area contributed by atoms with Crippen LogP contribution in [0.25, 0.3) is 0 Å². The van der Waals surface area contributed by atoms with Gasteiger partial charge in [0, 0.05) is 13.1 Å². The predicted octanol–water partition coefficient (Wildman–Crippen LogP) is 0.660. The average molecular weight is 302 g/mol. The van der Waals surface area contributed by atoms with Crippen LogP contribution in [0.5, 0.6) is 5.88 Å². The molecule has 1 heterocycles. The predicted molar refractivity (Wildman–Crippen MR) is 80.3 cm³/mol. The maximum atomic E-state index is 10.9. The molecule has 0 aliphatic rings. The first-order valence-electron chi connectivity index (χ1n) is 6.36. The zero-order valence-corrected chi connectivity index (χ0v) is 12.8. The number of sulfonamides is 1. The van der Waals surface area contributed by atoms with Gasteiger partial charge in [0.05, 0.1) is 18.6 Å². The fourth-order valence-electron chi connectivity index (χ4n) is 1.34. The first-order chi connectivity index (χ1) is 9.28. The van der Waals surface area contributed by atoms with Gasteiger partial charge < -0.3 is 15.8 Å². The van der Waals surface area contributed by atoms with Crippen molar-refractivity contribution in [2.45, 2.75) is 13.8 Å². The average Bonchev–Trinajstić information content (AvgIpc) is 2.33. The van der Waals surface area contributed by atoms with Gasteiger partial charge in [-0.15, -0.1) is 0 Å². The quantitative estimate of drug-likeness (QED) is 0.609. The van der Waals surface area contributed by atoms with E-state index in [1.807, 2.05) is 13.8 Å². The van der Waals surface area contributed by atoms with Crippen molar-refractivity contribution in [2.75, 3.05) is 37.0 Å². The third-order valence-electron chi connectivity index (χ3n) is 2.24. The minimum Gasteiger partial charge on any atom is -0.476 e. The Morgan fingerprint density at radius 3 is 2.65 bits per heavy atom. The number of rotatable bonds is 8. The van der Waals surface area contributed by atoms with Gasteiger partial charge in [0.1, 0.15) is 5.82 Å². The fourth-order valence-corrected chi connectivity index (χ4v) is 1.81. The van der Waals surface area contributed by atoms with Crippen LogP contribution in [0.2, 0.25) is 0 Å². The molecule has 0 aromatic carbocycles. The van der Waals surface area contributed by atoms with Crippen molar-refractivity contribution in [2.24, 2.45) is 5.92 Å². The van der Waals surface area contributed by atoms with Gasteiger partial charge in [-0.1, -0.05) is 13.8 Å². The Bertz CT molecular complexity index is 532. The summed E-state index contributed by atoms with van der Waals surface area (Å²) in [6.07, 6.45) is 1.12. The molecule has 1 aromatic rings. The minimum absolute atomic E-state index is 0.285. The summed E-state index contributed by atoms with van der Waals surface area (Å²) in [5.41, 5.74) is 6.26. The SMILES string of the molecule is CC(C)COc1nc(NCCNS(C)(=O)=O)ccc1N. The van der Waals surface area contributed by atoms with Gasteiger partial charge in [0.15, 0.2) is 0 Å². The maximum absolute atomic E-state index is 10.9. The molecule has 8 heteroatoms. The van der Waals surface area contributed by atoms with Gasteiger partial charge in [-0.05, 0) is 18.1 Å². The van der Waals surface area contributed by atoms with Crippen molar-refractivity contribution in [3.05, 3.63) is 12.1 Å². The number of aromatic nitrogens is 1. The topological polar surface area (TPSA) is 106 Å². The normalized spacial score (nSPS) is 11.6. The molecular weight excluding hydrogens is 280 g/mol. The van der Waals surface area contributed by atoms with Crippen LogP contribution in [0.15, 0.2) is 12.1 Å². The third-order valence-corrected chi connectivity index (χ3v) is 2.97. The lowest BCUT2D eigenvalue weighted by atomic mass is 10.2. The Kier molecular flexibility index (Phi) is 6.03. The lowest BCUT2D eigenvalue weighted by molar-refractivity contribution is 0.263. The second-order valence-electron chi connectivity index (χ2n) is 4.89. The number of pyridine rings is 1. The minimum atomic E-state index is -3.17.